The quantitative estimate of drug-likeness (QED) is 0.917. The van der Waals surface area contributed by atoms with Crippen LogP contribution >= 0.6 is 23.2 Å². The summed E-state index contributed by atoms with van der Waals surface area (Å²) in [6.45, 7) is 2.07. The molecule has 2 aromatic rings. The molecule has 0 saturated heterocycles. The molecule has 5 heteroatoms. The highest BCUT2D eigenvalue weighted by molar-refractivity contribution is 6.35. The Hall–Kier alpha value is -1.16. The highest BCUT2D eigenvalue weighted by atomic mass is 35.5. The van der Waals surface area contributed by atoms with Crippen molar-refractivity contribution in [1.29, 1.82) is 0 Å². The molecule has 1 aromatic carbocycles. The van der Waals surface area contributed by atoms with Crippen molar-refractivity contribution >= 4 is 23.2 Å². The molecule has 1 aromatic heterocycles. The molecular formula is C15H17Cl2N3. The van der Waals surface area contributed by atoms with Gasteiger partial charge in [0.2, 0.25) is 0 Å². The van der Waals surface area contributed by atoms with Crippen LogP contribution in [0.3, 0.4) is 0 Å². The molecule has 2 N–H and O–H groups in total. The van der Waals surface area contributed by atoms with Crippen molar-refractivity contribution in [2.24, 2.45) is 5.73 Å². The number of aromatic nitrogens is 2. The maximum atomic E-state index is 6.17. The molecule has 0 aliphatic carbocycles. The highest BCUT2D eigenvalue weighted by Crippen LogP contribution is 2.22. The van der Waals surface area contributed by atoms with Gasteiger partial charge in [-0.3, -0.25) is 0 Å². The molecule has 0 saturated carbocycles. The summed E-state index contributed by atoms with van der Waals surface area (Å²) in [5, 5.41) is 1.26. The largest absolute Gasteiger partial charge is 0.327 e. The number of rotatable bonds is 5. The molecule has 1 atom stereocenters. The van der Waals surface area contributed by atoms with Crippen molar-refractivity contribution in [1.82, 2.24) is 9.97 Å². The number of hydrogen-bond acceptors (Lipinski definition) is 3. The summed E-state index contributed by atoms with van der Waals surface area (Å²) in [4.78, 5) is 8.82. The standard InChI is InChI=1S/C15H17Cl2N3/c1-2-12(18)9-13-5-6-19-15(20-13)7-10-3-4-11(16)8-14(10)17/h3-6,8,12H,2,7,9,18H2,1H3. The van der Waals surface area contributed by atoms with Crippen LogP contribution in [0.4, 0.5) is 0 Å². The van der Waals surface area contributed by atoms with E-state index in [1.165, 1.54) is 0 Å². The van der Waals surface area contributed by atoms with Gasteiger partial charge in [-0.2, -0.15) is 0 Å². The summed E-state index contributed by atoms with van der Waals surface area (Å²) < 4.78 is 0. The van der Waals surface area contributed by atoms with Gasteiger partial charge in [0.15, 0.2) is 0 Å². The molecule has 0 bridgehead atoms. The Balaban J connectivity index is 2.15. The van der Waals surface area contributed by atoms with Gasteiger partial charge in [-0.15, -0.1) is 0 Å². The second kappa shape index (κ2) is 7.02. The average Bonchev–Trinajstić information content (AvgIpc) is 2.42. The second-order valence-corrected chi connectivity index (χ2v) is 5.59. The molecular weight excluding hydrogens is 293 g/mol. The van der Waals surface area contributed by atoms with Gasteiger partial charge in [-0.1, -0.05) is 36.2 Å². The van der Waals surface area contributed by atoms with Gasteiger partial charge in [0.25, 0.3) is 0 Å². The van der Waals surface area contributed by atoms with Crippen LogP contribution in [0, 0.1) is 0 Å². The zero-order valence-corrected chi connectivity index (χ0v) is 12.8. The van der Waals surface area contributed by atoms with E-state index in [4.69, 9.17) is 28.9 Å². The first-order valence-corrected chi connectivity index (χ1v) is 7.34. The molecule has 0 spiro atoms. The first-order valence-electron chi connectivity index (χ1n) is 6.58. The van der Waals surface area contributed by atoms with Crippen molar-refractivity contribution in [2.75, 3.05) is 0 Å². The van der Waals surface area contributed by atoms with Crippen LogP contribution < -0.4 is 5.73 Å². The molecule has 106 valence electrons. The Morgan fingerprint density at radius 2 is 2.05 bits per heavy atom. The minimum atomic E-state index is 0.136. The Morgan fingerprint density at radius 3 is 2.75 bits per heavy atom. The molecule has 0 aliphatic rings. The van der Waals surface area contributed by atoms with E-state index in [1.54, 1.807) is 12.3 Å². The lowest BCUT2D eigenvalue weighted by molar-refractivity contribution is 0.633. The van der Waals surface area contributed by atoms with Crippen molar-refractivity contribution in [3.8, 4) is 0 Å². The van der Waals surface area contributed by atoms with E-state index >= 15 is 0 Å². The van der Waals surface area contributed by atoms with Crippen LogP contribution in [0.2, 0.25) is 10.0 Å². The fourth-order valence-electron chi connectivity index (χ4n) is 1.89. The molecule has 20 heavy (non-hydrogen) atoms. The van der Waals surface area contributed by atoms with Gasteiger partial charge >= 0.3 is 0 Å². The number of nitrogens with zero attached hydrogens (tertiary/aromatic N) is 2. The van der Waals surface area contributed by atoms with Crippen molar-refractivity contribution < 1.29 is 0 Å². The van der Waals surface area contributed by atoms with Gasteiger partial charge in [-0.05, 0) is 30.2 Å². The molecule has 1 heterocycles. The van der Waals surface area contributed by atoms with Crippen LogP contribution in [-0.2, 0) is 12.8 Å². The van der Waals surface area contributed by atoms with Gasteiger partial charge in [0.05, 0.1) is 0 Å². The molecule has 0 amide bonds. The van der Waals surface area contributed by atoms with Gasteiger partial charge in [0.1, 0.15) is 5.82 Å². The molecule has 0 radical (unpaired) electrons. The van der Waals surface area contributed by atoms with E-state index < -0.39 is 0 Å². The highest BCUT2D eigenvalue weighted by Gasteiger charge is 2.07. The third-order valence-electron chi connectivity index (χ3n) is 3.12. The van der Waals surface area contributed by atoms with Crippen molar-refractivity contribution in [2.45, 2.75) is 32.2 Å². The van der Waals surface area contributed by atoms with Crippen LogP contribution in [0.15, 0.2) is 30.5 Å². The lowest BCUT2D eigenvalue weighted by atomic mass is 10.1. The fraction of sp³-hybridized carbons (Fsp3) is 0.333. The van der Waals surface area contributed by atoms with E-state index in [0.717, 1.165) is 29.9 Å². The number of nitrogens with two attached hydrogens (primary N) is 1. The predicted molar refractivity (Wildman–Crippen MR) is 83.3 cm³/mol. The maximum absolute atomic E-state index is 6.17. The lowest BCUT2D eigenvalue weighted by Gasteiger charge is -2.09. The molecule has 1 unspecified atom stereocenters. The first kappa shape index (κ1) is 15.2. The second-order valence-electron chi connectivity index (χ2n) is 4.75. The van der Waals surface area contributed by atoms with E-state index in [-0.39, 0.29) is 6.04 Å². The summed E-state index contributed by atoms with van der Waals surface area (Å²) in [7, 11) is 0. The van der Waals surface area contributed by atoms with Gasteiger partial charge in [-0.25, -0.2) is 9.97 Å². The molecule has 0 aliphatic heterocycles. The summed E-state index contributed by atoms with van der Waals surface area (Å²) in [5.74, 6) is 0.745. The van der Waals surface area contributed by atoms with E-state index in [0.29, 0.717) is 16.5 Å². The van der Waals surface area contributed by atoms with E-state index in [2.05, 4.69) is 16.9 Å². The Kier molecular flexibility index (Phi) is 5.35. The van der Waals surface area contributed by atoms with Crippen LogP contribution in [0.1, 0.15) is 30.4 Å². The Labute approximate surface area is 129 Å². The SMILES string of the molecule is CCC(N)Cc1ccnc(Cc2ccc(Cl)cc2Cl)n1. The smallest absolute Gasteiger partial charge is 0.132 e. The minimum absolute atomic E-state index is 0.136. The van der Waals surface area contributed by atoms with Crippen LogP contribution in [0.25, 0.3) is 0 Å². The summed E-state index contributed by atoms with van der Waals surface area (Å²) in [5.41, 5.74) is 7.89. The summed E-state index contributed by atoms with van der Waals surface area (Å²) >= 11 is 12.1. The van der Waals surface area contributed by atoms with Crippen LogP contribution in [-0.4, -0.2) is 16.0 Å². The zero-order chi connectivity index (χ0) is 14.5. The third-order valence-corrected chi connectivity index (χ3v) is 3.71. The summed E-state index contributed by atoms with van der Waals surface area (Å²) in [6.07, 6.45) is 4.05. The Morgan fingerprint density at radius 1 is 1.25 bits per heavy atom. The van der Waals surface area contributed by atoms with Crippen molar-refractivity contribution in [3.63, 3.8) is 0 Å². The predicted octanol–water partition coefficient (Wildman–Crippen LogP) is 3.65. The number of benzene rings is 1. The van der Waals surface area contributed by atoms with Gasteiger partial charge < -0.3 is 5.73 Å². The molecule has 3 nitrogen and oxygen atoms in total. The summed E-state index contributed by atoms with van der Waals surface area (Å²) in [6, 6.07) is 7.49. The lowest BCUT2D eigenvalue weighted by Crippen LogP contribution is -2.22. The van der Waals surface area contributed by atoms with E-state index in [1.807, 2.05) is 18.2 Å². The minimum Gasteiger partial charge on any atom is -0.327 e. The topological polar surface area (TPSA) is 51.8 Å². The van der Waals surface area contributed by atoms with E-state index in [9.17, 15) is 0 Å². The fourth-order valence-corrected chi connectivity index (χ4v) is 2.36. The number of halogens is 2. The van der Waals surface area contributed by atoms with Crippen molar-refractivity contribution in [3.05, 3.63) is 57.6 Å². The maximum Gasteiger partial charge on any atom is 0.132 e. The molecule has 0 fully saturated rings. The van der Waals surface area contributed by atoms with Crippen LogP contribution in [0.5, 0.6) is 0 Å². The Bertz CT molecular complexity index is 587. The normalized spacial score (nSPS) is 12.4. The third kappa shape index (κ3) is 4.17. The monoisotopic (exact) mass is 309 g/mol. The first-order chi connectivity index (χ1) is 9.58. The van der Waals surface area contributed by atoms with Gasteiger partial charge in [0, 0.05) is 40.8 Å². The zero-order valence-electron chi connectivity index (χ0n) is 11.3. The molecule has 2 rings (SSSR count). The number of hydrogen-bond donors (Lipinski definition) is 1. The average molecular weight is 310 g/mol.